The van der Waals surface area contributed by atoms with Gasteiger partial charge < -0.3 is 5.11 Å². The van der Waals surface area contributed by atoms with Crippen molar-refractivity contribution in [1.29, 1.82) is 0 Å². The third-order valence-corrected chi connectivity index (χ3v) is 3.99. The van der Waals surface area contributed by atoms with E-state index in [1.165, 1.54) is 10.3 Å². The molecule has 0 saturated heterocycles. The summed E-state index contributed by atoms with van der Waals surface area (Å²) < 4.78 is 1.17. The largest absolute Gasteiger partial charge is 0.391 e. The Bertz CT molecular complexity index is 462. The van der Waals surface area contributed by atoms with Crippen LogP contribution in [0.15, 0.2) is 18.2 Å². The van der Waals surface area contributed by atoms with Crippen molar-refractivity contribution < 1.29 is 5.11 Å². The fourth-order valence-electron chi connectivity index (χ4n) is 1.48. The van der Waals surface area contributed by atoms with Crippen LogP contribution in [0.2, 0.25) is 5.02 Å². The van der Waals surface area contributed by atoms with Gasteiger partial charge in [-0.2, -0.15) is 0 Å². The van der Waals surface area contributed by atoms with Gasteiger partial charge in [0.2, 0.25) is 0 Å². The molecule has 1 heterocycles. The number of benzene rings is 1. The van der Waals surface area contributed by atoms with Crippen molar-refractivity contribution in [3.8, 4) is 0 Å². The van der Waals surface area contributed by atoms with Crippen molar-refractivity contribution in [2.24, 2.45) is 0 Å². The van der Waals surface area contributed by atoms with Gasteiger partial charge in [-0.15, -0.1) is 11.3 Å². The quantitative estimate of drug-likeness (QED) is 0.830. The molecule has 0 bridgehead atoms. The van der Waals surface area contributed by atoms with Gasteiger partial charge >= 0.3 is 0 Å². The Morgan fingerprint density at radius 1 is 1.43 bits per heavy atom. The highest BCUT2D eigenvalue weighted by Crippen LogP contribution is 2.35. The lowest BCUT2D eigenvalue weighted by molar-refractivity contribution is 0.285. The van der Waals surface area contributed by atoms with Gasteiger partial charge in [0.25, 0.3) is 0 Å². The highest BCUT2D eigenvalue weighted by Gasteiger charge is 2.09. The second-order valence-corrected chi connectivity index (χ2v) is 4.70. The number of rotatable bonds is 2. The molecular weight excluding hydrogens is 216 g/mol. The summed E-state index contributed by atoms with van der Waals surface area (Å²) in [6.07, 6.45) is 1.03. The van der Waals surface area contributed by atoms with Crippen molar-refractivity contribution in [3.05, 3.63) is 33.7 Å². The molecule has 2 aromatic rings. The standard InChI is InChI=1S/C11H11ClOS/c1-2-7-3-4-8-9(5-7)14-10(6-13)11(8)12/h3-5,13H,2,6H2,1H3. The van der Waals surface area contributed by atoms with Crippen LogP contribution in [-0.2, 0) is 13.0 Å². The minimum atomic E-state index is 0.0274. The Morgan fingerprint density at radius 3 is 2.86 bits per heavy atom. The van der Waals surface area contributed by atoms with Crippen molar-refractivity contribution in [1.82, 2.24) is 0 Å². The van der Waals surface area contributed by atoms with E-state index < -0.39 is 0 Å². The number of hydrogen-bond acceptors (Lipinski definition) is 2. The first-order chi connectivity index (χ1) is 6.76. The molecule has 0 fully saturated rings. The van der Waals surface area contributed by atoms with Crippen molar-refractivity contribution >= 4 is 33.0 Å². The van der Waals surface area contributed by atoms with Crippen LogP contribution in [0.25, 0.3) is 10.1 Å². The maximum Gasteiger partial charge on any atom is 0.0789 e. The van der Waals surface area contributed by atoms with Crippen molar-refractivity contribution in [2.45, 2.75) is 20.0 Å². The summed E-state index contributed by atoms with van der Waals surface area (Å²) in [6, 6.07) is 6.26. The smallest absolute Gasteiger partial charge is 0.0789 e. The molecule has 1 nitrogen and oxygen atoms in total. The molecule has 2 rings (SSSR count). The predicted octanol–water partition coefficient (Wildman–Crippen LogP) is 3.61. The average molecular weight is 227 g/mol. The lowest BCUT2D eigenvalue weighted by atomic mass is 10.1. The van der Waals surface area contributed by atoms with Crippen LogP contribution >= 0.6 is 22.9 Å². The minimum Gasteiger partial charge on any atom is -0.391 e. The summed E-state index contributed by atoms with van der Waals surface area (Å²) in [7, 11) is 0. The summed E-state index contributed by atoms with van der Waals surface area (Å²) >= 11 is 7.67. The summed E-state index contributed by atoms with van der Waals surface area (Å²) in [5.74, 6) is 0. The van der Waals surface area contributed by atoms with Gasteiger partial charge in [-0.05, 0) is 18.1 Å². The number of aryl methyl sites for hydroxylation is 1. The molecule has 3 heteroatoms. The number of halogens is 1. The summed E-state index contributed by atoms with van der Waals surface area (Å²) in [4.78, 5) is 0.856. The normalized spacial score (nSPS) is 11.1. The summed E-state index contributed by atoms with van der Waals surface area (Å²) in [6.45, 7) is 2.16. The Hall–Kier alpha value is -0.570. The van der Waals surface area contributed by atoms with Gasteiger partial charge in [-0.1, -0.05) is 30.7 Å². The van der Waals surface area contributed by atoms with Crippen LogP contribution in [0, 0.1) is 0 Å². The number of fused-ring (bicyclic) bond motifs is 1. The second kappa shape index (κ2) is 3.89. The fourth-order valence-corrected chi connectivity index (χ4v) is 2.90. The van der Waals surface area contributed by atoms with Crippen molar-refractivity contribution in [3.63, 3.8) is 0 Å². The zero-order valence-corrected chi connectivity index (χ0v) is 9.45. The first-order valence-corrected chi connectivity index (χ1v) is 5.76. The first-order valence-electron chi connectivity index (χ1n) is 4.57. The van der Waals surface area contributed by atoms with Gasteiger partial charge in [0, 0.05) is 15.0 Å². The van der Waals surface area contributed by atoms with Crippen LogP contribution in [0.1, 0.15) is 17.4 Å². The van der Waals surface area contributed by atoms with E-state index >= 15 is 0 Å². The molecule has 0 aliphatic rings. The van der Waals surface area contributed by atoms with Gasteiger partial charge in [-0.3, -0.25) is 0 Å². The molecule has 0 aliphatic carbocycles. The monoisotopic (exact) mass is 226 g/mol. The maximum absolute atomic E-state index is 9.07. The molecule has 14 heavy (non-hydrogen) atoms. The second-order valence-electron chi connectivity index (χ2n) is 3.18. The third kappa shape index (κ3) is 1.54. The molecule has 0 unspecified atom stereocenters. The molecule has 0 radical (unpaired) electrons. The average Bonchev–Trinajstić information content (AvgIpc) is 2.55. The zero-order chi connectivity index (χ0) is 10.1. The van der Waals surface area contributed by atoms with E-state index in [2.05, 4.69) is 19.1 Å². The van der Waals surface area contributed by atoms with E-state index in [1.54, 1.807) is 11.3 Å². The Kier molecular flexibility index (Phi) is 2.77. The fraction of sp³-hybridized carbons (Fsp3) is 0.273. The van der Waals surface area contributed by atoms with E-state index in [9.17, 15) is 0 Å². The molecule has 0 aliphatic heterocycles. The van der Waals surface area contributed by atoms with Crippen LogP contribution < -0.4 is 0 Å². The highest BCUT2D eigenvalue weighted by atomic mass is 35.5. The van der Waals surface area contributed by atoms with E-state index in [0.29, 0.717) is 5.02 Å². The number of hydrogen-bond donors (Lipinski definition) is 1. The van der Waals surface area contributed by atoms with Crippen molar-refractivity contribution in [2.75, 3.05) is 0 Å². The summed E-state index contributed by atoms with van der Waals surface area (Å²) in [5.41, 5.74) is 1.31. The first kappa shape index (κ1) is 9.97. The zero-order valence-electron chi connectivity index (χ0n) is 7.88. The minimum absolute atomic E-state index is 0.0274. The molecule has 0 amide bonds. The highest BCUT2D eigenvalue weighted by molar-refractivity contribution is 7.19. The Morgan fingerprint density at radius 2 is 2.21 bits per heavy atom. The topological polar surface area (TPSA) is 20.2 Å². The van der Waals surface area contributed by atoms with Gasteiger partial charge in [0.1, 0.15) is 0 Å². The summed E-state index contributed by atoms with van der Waals surface area (Å²) in [5, 5.41) is 10.8. The Balaban J connectivity index is 2.66. The predicted molar refractivity (Wildman–Crippen MR) is 62.1 cm³/mol. The molecule has 0 spiro atoms. The molecule has 74 valence electrons. The van der Waals surface area contributed by atoms with E-state index in [1.807, 2.05) is 6.07 Å². The van der Waals surface area contributed by atoms with Crippen LogP contribution in [0.3, 0.4) is 0 Å². The van der Waals surface area contributed by atoms with E-state index in [0.717, 1.165) is 16.7 Å². The molecule has 0 saturated carbocycles. The number of thiophene rings is 1. The molecule has 1 aromatic carbocycles. The van der Waals surface area contributed by atoms with Gasteiger partial charge in [-0.25, -0.2) is 0 Å². The van der Waals surface area contributed by atoms with E-state index in [-0.39, 0.29) is 6.61 Å². The number of aliphatic hydroxyl groups excluding tert-OH is 1. The SMILES string of the molecule is CCc1ccc2c(Cl)c(CO)sc2c1. The van der Waals surface area contributed by atoms with Crippen LogP contribution in [0.5, 0.6) is 0 Å². The lowest BCUT2D eigenvalue weighted by Gasteiger charge is -1.95. The van der Waals surface area contributed by atoms with Crippen LogP contribution in [-0.4, -0.2) is 5.11 Å². The van der Waals surface area contributed by atoms with E-state index in [4.69, 9.17) is 16.7 Å². The molecule has 1 N–H and O–H groups in total. The third-order valence-electron chi connectivity index (χ3n) is 2.31. The molecule has 1 aromatic heterocycles. The molecular formula is C11H11ClOS. The Labute approximate surface area is 91.9 Å². The maximum atomic E-state index is 9.07. The van der Waals surface area contributed by atoms with Gasteiger partial charge in [0.05, 0.1) is 11.6 Å². The van der Waals surface area contributed by atoms with Crippen LogP contribution in [0.4, 0.5) is 0 Å². The number of aliphatic hydroxyl groups is 1. The lowest BCUT2D eigenvalue weighted by Crippen LogP contribution is -1.77. The molecule has 0 atom stereocenters. The van der Waals surface area contributed by atoms with Gasteiger partial charge in [0.15, 0.2) is 0 Å².